The standard InChI is InChI=1S/C30H47N3.ClH/c1-6-31(7-2)21-13-11-15-25-17-19-29-27(23-25)28-24-26(18-20-30(28)33(29)10-5)16-12-14-22-32(8-3)9-4;/h17-20,23-24H,6-16,21-22H2,1-5H3;1H. The molecule has 0 aliphatic rings. The highest BCUT2D eigenvalue weighted by atomic mass is 35.5. The Hall–Kier alpha value is -1.55. The zero-order valence-corrected chi connectivity index (χ0v) is 23.2. The lowest BCUT2D eigenvalue weighted by Crippen LogP contribution is -2.23. The van der Waals surface area contributed by atoms with Gasteiger partial charge in [-0.2, -0.15) is 0 Å². The van der Waals surface area contributed by atoms with Crippen LogP contribution in [0.2, 0.25) is 0 Å². The maximum atomic E-state index is 2.53. The SMILES string of the molecule is CCN(CC)CCCCc1ccc2c(c1)c1cc(CCCCN(CC)CC)ccc1n2CC.Cl. The zero-order chi connectivity index (χ0) is 23.6. The first-order valence-electron chi connectivity index (χ1n) is 13.6. The predicted molar refractivity (Wildman–Crippen MR) is 154 cm³/mol. The van der Waals surface area contributed by atoms with Crippen LogP contribution in [-0.4, -0.2) is 53.6 Å². The lowest BCUT2D eigenvalue weighted by molar-refractivity contribution is 0.297. The Labute approximate surface area is 214 Å². The zero-order valence-electron chi connectivity index (χ0n) is 22.4. The van der Waals surface area contributed by atoms with Crippen molar-refractivity contribution < 1.29 is 0 Å². The van der Waals surface area contributed by atoms with Crippen molar-refractivity contribution in [1.82, 2.24) is 14.4 Å². The van der Waals surface area contributed by atoms with Crippen molar-refractivity contribution in [2.75, 3.05) is 39.3 Å². The maximum absolute atomic E-state index is 2.53. The Kier molecular flexibility index (Phi) is 12.5. The monoisotopic (exact) mass is 485 g/mol. The molecule has 1 heterocycles. The Bertz CT molecular complexity index is 908. The van der Waals surface area contributed by atoms with E-state index >= 15 is 0 Å². The van der Waals surface area contributed by atoms with E-state index in [4.69, 9.17) is 0 Å². The summed E-state index contributed by atoms with van der Waals surface area (Å²) in [5, 5.41) is 2.89. The van der Waals surface area contributed by atoms with Gasteiger partial charge in [-0.25, -0.2) is 0 Å². The lowest BCUT2D eigenvalue weighted by atomic mass is 10.0. The van der Waals surface area contributed by atoms with Crippen molar-refractivity contribution in [3.63, 3.8) is 0 Å². The molecule has 1 aromatic heterocycles. The molecule has 0 bridgehead atoms. The summed E-state index contributed by atoms with van der Waals surface area (Å²) in [5.74, 6) is 0. The van der Waals surface area contributed by atoms with Crippen LogP contribution >= 0.6 is 12.4 Å². The summed E-state index contributed by atoms with van der Waals surface area (Å²) in [5.41, 5.74) is 5.75. The van der Waals surface area contributed by atoms with Crippen LogP contribution in [-0.2, 0) is 19.4 Å². The molecule has 0 radical (unpaired) electrons. The van der Waals surface area contributed by atoms with Gasteiger partial charge in [-0.1, -0.05) is 39.8 Å². The first kappa shape index (κ1) is 28.7. The molecule has 0 aliphatic heterocycles. The molecular weight excluding hydrogens is 438 g/mol. The van der Waals surface area contributed by atoms with Gasteiger partial charge in [0.1, 0.15) is 0 Å². The van der Waals surface area contributed by atoms with E-state index in [2.05, 4.69) is 85.4 Å². The number of unbranched alkanes of at least 4 members (excludes halogenated alkanes) is 2. The molecule has 34 heavy (non-hydrogen) atoms. The first-order chi connectivity index (χ1) is 16.1. The van der Waals surface area contributed by atoms with E-state index in [0.717, 1.165) is 32.7 Å². The van der Waals surface area contributed by atoms with Crippen LogP contribution in [0.3, 0.4) is 0 Å². The van der Waals surface area contributed by atoms with Crippen LogP contribution in [0.25, 0.3) is 21.8 Å². The van der Waals surface area contributed by atoms with Crippen molar-refractivity contribution in [3.05, 3.63) is 47.5 Å². The number of halogens is 1. The maximum Gasteiger partial charge on any atom is 0.0491 e. The van der Waals surface area contributed by atoms with Crippen molar-refractivity contribution in [1.29, 1.82) is 0 Å². The summed E-state index contributed by atoms with van der Waals surface area (Å²) in [4.78, 5) is 5.06. The van der Waals surface area contributed by atoms with Gasteiger partial charge in [0.25, 0.3) is 0 Å². The molecule has 3 nitrogen and oxygen atoms in total. The van der Waals surface area contributed by atoms with Crippen LogP contribution in [0.5, 0.6) is 0 Å². The lowest BCUT2D eigenvalue weighted by Gasteiger charge is -2.17. The molecular formula is C30H48ClN3. The van der Waals surface area contributed by atoms with Gasteiger partial charge in [-0.15, -0.1) is 12.4 Å². The molecule has 0 saturated heterocycles. The molecule has 4 heteroatoms. The Balaban J connectivity index is 0.00000408. The fourth-order valence-corrected chi connectivity index (χ4v) is 5.26. The molecule has 3 rings (SSSR count). The van der Waals surface area contributed by atoms with E-state index < -0.39 is 0 Å². The highest BCUT2D eigenvalue weighted by Gasteiger charge is 2.11. The van der Waals surface area contributed by atoms with E-state index in [-0.39, 0.29) is 12.4 Å². The molecule has 2 aromatic carbocycles. The van der Waals surface area contributed by atoms with E-state index in [0.29, 0.717) is 0 Å². The molecule has 0 N–H and O–H groups in total. The van der Waals surface area contributed by atoms with Gasteiger partial charge in [0.2, 0.25) is 0 Å². The van der Waals surface area contributed by atoms with E-state index in [9.17, 15) is 0 Å². The van der Waals surface area contributed by atoms with Gasteiger partial charge in [0.15, 0.2) is 0 Å². The fourth-order valence-electron chi connectivity index (χ4n) is 5.26. The Morgan fingerprint density at radius 1 is 0.588 bits per heavy atom. The van der Waals surface area contributed by atoms with Crippen LogP contribution in [0, 0.1) is 0 Å². The minimum atomic E-state index is 0. The molecule has 0 fully saturated rings. The molecule has 3 aromatic rings. The third-order valence-electron chi connectivity index (χ3n) is 7.48. The smallest absolute Gasteiger partial charge is 0.0491 e. The average molecular weight is 486 g/mol. The van der Waals surface area contributed by atoms with Crippen LogP contribution in [0.4, 0.5) is 0 Å². The minimum absolute atomic E-state index is 0. The summed E-state index contributed by atoms with van der Waals surface area (Å²) >= 11 is 0. The minimum Gasteiger partial charge on any atom is -0.341 e. The number of aryl methyl sites for hydroxylation is 3. The second-order valence-corrected chi connectivity index (χ2v) is 9.42. The molecule has 0 spiro atoms. The van der Waals surface area contributed by atoms with Crippen molar-refractivity contribution in [2.24, 2.45) is 0 Å². The number of hydrogen-bond acceptors (Lipinski definition) is 2. The quantitative estimate of drug-likeness (QED) is 0.206. The van der Waals surface area contributed by atoms with Crippen molar-refractivity contribution >= 4 is 34.2 Å². The van der Waals surface area contributed by atoms with Crippen LogP contribution < -0.4 is 0 Å². The van der Waals surface area contributed by atoms with Gasteiger partial charge in [-0.05, 0) is 120 Å². The molecule has 0 aliphatic carbocycles. The number of aromatic nitrogens is 1. The summed E-state index contributed by atoms with van der Waals surface area (Å²) < 4.78 is 2.49. The van der Waals surface area contributed by atoms with Gasteiger partial charge in [-0.3, -0.25) is 0 Å². The van der Waals surface area contributed by atoms with Crippen LogP contribution in [0.15, 0.2) is 36.4 Å². The second kappa shape index (κ2) is 14.8. The third-order valence-corrected chi connectivity index (χ3v) is 7.48. The number of nitrogens with zero attached hydrogens (tertiary/aromatic N) is 3. The van der Waals surface area contributed by atoms with E-state index in [1.54, 1.807) is 0 Å². The predicted octanol–water partition coefficient (Wildman–Crippen LogP) is 7.57. The number of benzene rings is 2. The van der Waals surface area contributed by atoms with E-state index in [1.807, 2.05) is 0 Å². The molecule has 0 atom stereocenters. The van der Waals surface area contributed by atoms with Gasteiger partial charge in [0.05, 0.1) is 0 Å². The molecule has 0 saturated carbocycles. The van der Waals surface area contributed by atoms with Crippen LogP contribution in [0.1, 0.15) is 71.4 Å². The average Bonchev–Trinajstić information content (AvgIpc) is 3.16. The molecule has 0 unspecified atom stereocenters. The summed E-state index contributed by atoms with van der Waals surface area (Å²) in [7, 11) is 0. The number of rotatable bonds is 15. The van der Waals surface area contributed by atoms with Gasteiger partial charge in [0, 0.05) is 28.4 Å². The van der Waals surface area contributed by atoms with Crippen molar-refractivity contribution in [2.45, 2.75) is 79.7 Å². The van der Waals surface area contributed by atoms with Gasteiger partial charge < -0.3 is 14.4 Å². The largest absolute Gasteiger partial charge is 0.341 e. The fraction of sp³-hybridized carbons (Fsp3) is 0.600. The number of fused-ring (bicyclic) bond motifs is 3. The molecule has 0 amide bonds. The van der Waals surface area contributed by atoms with Crippen molar-refractivity contribution in [3.8, 4) is 0 Å². The third kappa shape index (κ3) is 7.23. The normalized spacial score (nSPS) is 11.7. The highest BCUT2D eigenvalue weighted by Crippen LogP contribution is 2.31. The number of hydrogen-bond donors (Lipinski definition) is 0. The first-order valence-corrected chi connectivity index (χ1v) is 13.6. The molecule has 190 valence electrons. The Morgan fingerprint density at radius 3 is 1.35 bits per heavy atom. The van der Waals surface area contributed by atoms with E-state index in [1.165, 1.54) is 84.5 Å². The van der Waals surface area contributed by atoms with Gasteiger partial charge >= 0.3 is 0 Å². The second-order valence-electron chi connectivity index (χ2n) is 9.42. The summed E-state index contributed by atoms with van der Waals surface area (Å²) in [6, 6.07) is 14.4. The Morgan fingerprint density at radius 2 is 1.00 bits per heavy atom. The summed E-state index contributed by atoms with van der Waals surface area (Å²) in [6.45, 7) is 19.4. The highest BCUT2D eigenvalue weighted by molar-refractivity contribution is 6.08. The summed E-state index contributed by atoms with van der Waals surface area (Å²) in [6.07, 6.45) is 7.47. The topological polar surface area (TPSA) is 11.4 Å².